The van der Waals surface area contributed by atoms with Crippen molar-refractivity contribution in [3.63, 3.8) is 0 Å². The van der Waals surface area contributed by atoms with E-state index in [1.807, 2.05) is 30.3 Å². The lowest BCUT2D eigenvalue weighted by molar-refractivity contribution is -0.153. The normalized spacial score (nSPS) is 11.3. The number of nitrogens with one attached hydrogen (secondary N) is 1. The van der Waals surface area contributed by atoms with E-state index in [9.17, 15) is 14.4 Å². The molecule has 330 valence electrons. The van der Waals surface area contributed by atoms with E-state index >= 15 is 0 Å². The van der Waals surface area contributed by atoms with Crippen molar-refractivity contribution in [2.24, 2.45) is 5.92 Å². The van der Waals surface area contributed by atoms with Gasteiger partial charge in [-0.1, -0.05) is 211 Å². The molecule has 0 aromatic heterocycles. The fourth-order valence-electron chi connectivity index (χ4n) is 6.99. The number of hydrogen-bond acceptors (Lipinski definition) is 7. The van der Waals surface area contributed by atoms with Crippen molar-refractivity contribution in [2.75, 3.05) is 39.6 Å². The van der Waals surface area contributed by atoms with Crippen molar-refractivity contribution in [3.8, 4) is 0 Å². The van der Waals surface area contributed by atoms with E-state index in [0.717, 1.165) is 18.4 Å². The predicted molar refractivity (Wildman–Crippen MR) is 235 cm³/mol. The lowest BCUT2D eigenvalue weighted by Gasteiger charge is -2.18. The standard InChI is InChI=1S/C49H87NO7/c1-3-5-7-9-11-13-15-17-19-21-23-25-27-32-38-54-41-46(42-55-39-33-28-26-24-22-20-18-16-14-12-10-8-6-4-2)43-56-48(52)36-37-49(53)57-44-47(51)50-40-45-34-30-29-31-35-45/h29-31,34-35,46H,3-28,32-33,36-44H2,1-2H3,(H,50,51). The fraction of sp³-hybridized carbons (Fsp3) is 0.816. The first-order valence-corrected chi connectivity index (χ1v) is 23.8. The van der Waals surface area contributed by atoms with E-state index < -0.39 is 11.9 Å². The summed E-state index contributed by atoms with van der Waals surface area (Å²) in [6, 6.07) is 9.51. The van der Waals surface area contributed by atoms with Gasteiger partial charge >= 0.3 is 11.9 Å². The Kier molecular flexibility index (Phi) is 38.5. The molecule has 0 saturated carbocycles. The van der Waals surface area contributed by atoms with Crippen LogP contribution in [-0.2, 0) is 39.9 Å². The molecule has 0 atom stereocenters. The van der Waals surface area contributed by atoms with E-state index in [4.69, 9.17) is 18.9 Å². The summed E-state index contributed by atoms with van der Waals surface area (Å²) in [5.41, 5.74) is 0.957. The Morgan fingerprint density at radius 3 is 1.25 bits per heavy atom. The van der Waals surface area contributed by atoms with Gasteiger partial charge in [-0.05, 0) is 18.4 Å². The van der Waals surface area contributed by atoms with Crippen LogP contribution in [0.3, 0.4) is 0 Å². The Hall–Kier alpha value is -2.45. The van der Waals surface area contributed by atoms with Crippen molar-refractivity contribution in [2.45, 2.75) is 213 Å². The molecular formula is C49H87NO7. The Morgan fingerprint density at radius 2 is 0.842 bits per heavy atom. The molecule has 8 nitrogen and oxygen atoms in total. The summed E-state index contributed by atoms with van der Waals surface area (Å²) in [5, 5.41) is 2.72. The minimum absolute atomic E-state index is 0.0625. The molecule has 1 amide bonds. The smallest absolute Gasteiger partial charge is 0.306 e. The summed E-state index contributed by atoms with van der Waals surface area (Å²) < 4.78 is 22.7. The quantitative estimate of drug-likeness (QED) is 0.0518. The van der Waals surface area contributed by atoms with E-state index in [-0.39, 0.29) is 37.9 Å². The minimum Gasteiger partial charge on any atom is -0.465 e. The molecule has 0 unspecified atom stereocenters. The maximum atomic E-state index is 12.5. The highest BCUT2D eigenvalue weighted by molar-refractivity contribution is 5.82. The molecule has 0 heterocycles. The van der Waals surface area contributed by atoms with Crippen LogP contribution >= 0.6 is 0 Å². The number of unbranched alkanes of at least 4 members (excludes halogenated alkanes) is 26. The average molecular weight is 802 g/mol. The van der Waals surface area contributed by atoms with Gasteiger partial charge in [0.05, 0.1) is 32.7 Å². The molecule has 0 spiro atoms. The maximum absolute atomic E-state index is 12.5. The summed E-state index contributed by atoms with van der Waals surface area (Å²) in [6.45, 7) is 7.07. The van der Waals surface area contributed by atoms with Gasteiger partial charge in [-0.25, -0.2) is 0 Å². The Bertz CT molecular complexity index is 1000. The molecule has 8 heteroatoms. The van der Waals surface area contributed by atoms with Gasteiger partial charge in [0.2, 0.25) is 0 Å². The molecular weight excluding hydrogens is 715 g/mol. The maximum Gasteiger partial charge on any atom is 0.306 e. The number of amides is 1. The zero-order valence-electron chi connectivity index (χ0n) is 37.0. The Labute approximate surface area is 350 Å². The van der Waals surface area contributed by atoms with Crippen LogP contribution in [0.5, 0.6) is 0 Å². The third-order valence-corrected chi connectivity index (χ3v) is 10.7. The summed E-state index contributed by atoms with van der Waals surface area (Å²) in [6.07, 6.45) is 36.9. The highest BCUT2D eigenvalue weighted by Crippen LogP contribution is 2.15. The SMILES string of the molecule is CCCCCCCCCCCCCCCCOCC(COCCCCCCCCCCCCCCCC)COC(=O)CCC(=O)OCC(=O)NCc1ccccc1. The van der Waals surface area contributed by atoms with Crippen LogP contribution in [-0.4, -0.2) is 57.5 Å². The second-order valence-corrected chi connectivity index (χ2v) is 16.3. The van der Waals surface area contributed by atoms with Gasteiger partial charge < -0.3 is 24.3 Å². The molecule has 1 aromatic rings. The molecule has 0 aliphatic rings. The van der Waals surface area contributed by atoms with Crippen LogP contribution < -0.4 is 5.32 Å². The van der Waals surface area contributed by atoms with Gasteiger partial charge in [-0.2, -0.15) is 0 Å². The summed E-state index contributed by atoms with van der Waals surface area (Å²) >= 11 is 0. The lowest BCUT2D eigenvalue weighted by atomic mass is 10.0. The highest BCUT2D eigenvalue weighted by atomic mass is 16.5. The van der Waals surface area contributed by atoms with Gasteiger partial charge in [0, 0.05) is 25.7 Å². The largest absolute Gasteiger partial charge is 0.465 e. The van der Waals surface area contributed by atoms with Gasteiger partial charge in [-0.3, -0.25) is 14.4 Å². The van der Waals surface area contributed by atoms with Crippen LogP contribution in [0.15, 0.2) is 30.3 Å². The van der Waals surface area contributed by atoms with Crippen molar-refractivity contribution in [1.82, 2.24) is 5.32 Å². The number of hydrogen-bond donors (Lipinski definition) is 1. The molecule has 0 bridgehead atoms. The summed E-state index contributed by atoms with van der Waals surface area (Å²) in [4.78, 5) is 36.7. The molecule has 0 aliphatic carbocycles. The average Bonchev–Trinajstić information content (AvgIpc) is 3.22. The number of rotatable bonds is 43. The number of ether oxygens (including phenoxy) is 4. The van der Waals surface area contributed by atoms with E-state index in [0.29, 0.717) is 33.0 Å². The molecule has 0 saturated heterocycles. The first-order chi connectivity index (χ1) is 28.0. The molecule has 1 rings (SSSR count). The molecule has 0 aliphatic heterocycles. The van der Waals surface area contributed by atoms with E-state index in [1.165, 1.54) is 167 Å². The monoisotopic (exact) mass is 802 g/mol. The van der Waals surface area contributed by atoms with Crippen LogP contribution in [0, 0.1) is 5.92 Å². The van der Waals surface area contributed by atoms with Crippen molar-refractivity contribution in [3.05, 3.63) is 35.9 Å². The third-order valence-electron chi connectivity index (χ3n) is 10.7. The van der Waals surface area contributed by atoms with Crippen molar-refractivity contribution >= 4 is 17.8 Å². The summed E-state index contributed by atoms with van der Waals surface area (Å²) in [7, 11) is 0. The van der Waals surface area contributed by atoms with Crippen LogP contribution in [0.25, 0.3) is 0 Å². The lowest BCUT2D eigenvalue weighted by Crippen LogP contribution is -2.28. The number of carbonyl (C=O) groups excluding carboxylic acids is 3. The Balaban J connectivity index is 2.22. The van der Waals surface area contributed by atoms with Crippen molar-refractivity contribution < 1.29 is 33.3 Å². The van der Waals surface area contributed by atoms with Crippen LogP contribution in [0.4, 0.5) is 0 Å². The second kappa shape index (κ2) is 41.7. The minimum atomic E-state index is -0.605. The first kappa shape index (κ1) is 52.6. The molecule has 0 fully saturated rings. The van der Waals surface area contributed by atoms with Crippen LogP contribution in [0.2, 0.25) is 0 Å². The predicted octanol–water partition coefficient (Wildman–Crippen LogP) is 12.8. The first-order valence-electron chi connectivity index (χ1n) is 23.8. The summed E-state index contributed by atoms with van der Waals surface area (Å²) in [5.74, 6) is -1.52. The fourth-order valence-corrected chi connectivity index (χ4v) is 6.99. The Morgan fingerprint density at radius 1 is 0.474 bits per heavy atom. The second-order valence-electron chi connectivity index (χ2n) is 16.3. The topological polar surface area (TPSA) is 100 Å². The number of esters is 2. The molecule has 57 heavy (non-hydrogen) atoms. The molecule has 0 radical (unpaired) electrons. The zero-order chi connectivity index (χ0) is 41.1. The van der Waals surface area contributed by atoms with Crippen molar-refractivity contribution in [1.29, 1.82) is 0 Å². The van der Waals surface area contributed by atoms with Gasteiger partial charge in [0.25, 0.3) is 5.91 Å². The van der Waals surface area contributed by atoms with Crippen LogP contribution in [0.1, 0.15) is 212 Å². The number of carbonyl (C=O) groups is 3. The van der Waals surface area contributed by atoms with Gasteiger partial charge in [0.1, 0.15) is 0 Å². The number of benzene rings is 1. The van der Waals surface area contributed by atoms with E-state index in [2.05, 4.69) is 19.2 Å². The molecule has 1 aromatic carbocycles. The highest BCUT2D eigenvalue weighted by Gasteiger charge is 2.16. The molecule has 1 N–H and O–H groups in total. The van der Waals surface area contributed by atoms with Gasteiger partial charge in [0.15, 0.2) is 6.61 Å². The van der Waals surface area contributed by atoms with E-state index in [1.54, 1.807) is 0 Å². The third kappa shape index (κ3) is 37.6. The van der Waals surface area contributed by atoms with Gasteiger partial charge in [-0.15, -0.1) is 0 Å². The zero-order valence-corrected chi connectivity index (χ0v) is 37.0.